The van der Waals surface area contributed by atoms with E-state index in [4.69, 9.17) is 4.74 Å². The first-order valence-electron chi connectivity index (χ1n) is 5.29. The van der Waals surface area contributed by atoms with Crippen molar-refractivity contribution < 1.29 is 17.9 Å². The molecule has 0 aromatic carbocycles. The summed E-state index contributed by atoms with van der Waals surface area (Å²) in [5, 5.41) is 0. The molecule has 3 nitrogen and oxygen atoms in total. The molecule has 0 bridgehead atoms. The predicted octanol–water partition coefficient (Wildman–Crippen LogP) is 2.71. The molecule has 0 unspecified atom stereocenters. The number of nitrogens with zero attached hydrogens (tertiary/aromatic N) is 2. The highest BCUT2D eigenvalue weighted by Gasteiger charge is 2.33. The number of aromatic nitrogens is 1. The molecule has 1 heterocycles. The molecule has 1 aromatic heterocycles. The first-order valence-corrected chi connectivity index (χ1v) is 5.29. The minimum atomic E-state index is -4.39. The van der Waals surface area contributed by atoms with Crippen molar-refractivity contribution in [2.45, 2.75) is 25.1 Å². The lowest BCUT2D eigenvalue weighted by molar-refractivity contribution is -0.137. The average molecular weight is 246 g/mol. The molecule has 1 aliphatic carbocycles. The summed E-state index contributed by atoms with van der Waals surface area (Å²) in [4.78, 5) is 5.44. The van der Waals surface area contributed by atoms with Gasteiger partial charge in [-0.2, -0.15) is 13.2 Å². The summed E-state index contributed by atoms with van der Waals surface area (Å²) in [6.07, 6.45) is -1.74. The monoisotopic (exact) mass is 246 g/mol. The van der Waals surface area contributed by atoms with E-state index in [0.29, 0.717) is 5.82 Å². The normalized spacial score (nSPS) is 15.8. The van der Waals surface area contributed by atoms with Gasteiger partial charge in [-0.3, -0.25) is 0 Å². The highest BCUT2D eigenvalue weighted by molar-refractivity contribution is 5.53. The first kappa shape index (κ1) is 12.0. The summed E-state index contributed by atoms with van der Waals surface area (Å²) in [7, 11) is 3.44. The third kappa shape index (κ3) is 2.81. The van der Waals surface area contributed by atoms with Crippen LogP contribution in [0, 0.1) is 0 Å². The van der Waals surface area contributed by atoms with Crippen LogP contribution in [0.15, 0.2) is 12.3 Å². The average Bonchev–Trinajstić information content (AvgIpc) is 2.99. The fraction of sp³-hybridized carbons (Fsp3) is 0.545. The Morgan fingerprint density at radius 3 is 2.47 bits per heavy atom. The van der Waals surface area contributed by atoms with E-state index in [1.54, 1.807) is 19.0 Å². The van der Waals surface area contributed by atoms with Gasteiger partial charge in [0.15, 0.2) is 11.6 Å². The second-order valence-electron chi connectivity index (χ2n) is 4.26. The molecule has 0 N–H and O–H groups in total. The minimum absolute atomic E-state index is 0.0407. The molecule has 0 saturated heterocycles. The third-order valence-electron chi connectivity index (χ3n) is 2.40. The first-order chi connectivity index (χ1) is 7.88. The summed E-state index contributed by atoms with van der Waals surface area (Å²) >= 11 is 0. The predicted molar refractivity (Wildman–Crippen MR) is 57.2 cm³/mol. The Balaban J connectivity index is 2.34. The standard InChI is InChI=1S/C11H13F3N2O/c1-16(2)10-9(17-8-3-4-8)5-7(6-15-10)11(12,13)14/h5-6,8H,3-4H2,1-2H3. The van der Waals surface area contributed by atoms with Crippen molar-refractivity contribution in [3.8, 4) is 5.75 Å². The van der Waals surface area contributed by atoms with Crippen LogP contribution in [-0.2, 0) is 6.18 Å². The molecule has 0 amide bonds. The number of rotatable bonds is 3. The van der Waals surface area contributed by atoms with Gasteiger partial charge in [0.05, 0.1) is 11.7 Å². The van der Waals surface area contributed by atoms with Gasteiger partial charge >= 0.3 is 6.18 Å². The maximum Gasteiger partial charge on any atom is 0.418 e. The maximum absolute atomic E-state index is 12.5. The Bertz CT molecular complexity index is 414. The van der Waals surface area contributed by atoms with Gasteiger partial charge in [-0.15, -0.1) is 0 Å². The fourth-order valence-corrected chi connectivity index (χ4v) is 1.38. The lowest BCUT2D eigenvalue weighted by Crippen LogP contribution is -2.15. The summed E-state index contributed by atoms with van der Waals surface area (Å²) in [6, 6.07) is 1.01. The van der Waals surface area contributed by atoms with E-state index in [0.717, 1.165) is 25.1 Å². The van der Waals surface area contributed by atoms with Crippen LogP contribution in [0.2, 0.25) is 0 Å². The van der Waals surface area contributed by atoms with E-state index >= 15 is 0 Å². The van der Waals surface area contributed by atoms with Gasteiger partial charge in [0, 0.05) is 20.3 Å². The highest BCUT2D eigenvalue weighted by atomic mass is 19.4. The van der Waals surface area contributed by atoms with Crippen molar-refractivity contribution >= 4 is 5.82 Å². The molecule has 0 atom stereocenters. The number of pyridine rings is 1. The van der Waals surface area contributed by atoms with Crippen LogP contribution in [-0.4, -0.2) is 25.2 Å². The molecule has 1 aromatic rings. The van der Waals surface area contributed by atoms with Crippen LogP contribution >= 0.6 is 0 Å². The molecule has 6 heteroatoms. The molecule has 0 aliphatic heterocycles. The molecule has 1 fully saturated rings. The molecule has 1 saturated carbocycles. The van der Waals surface area contributed by atoms with Gasteiger partial charge < -0.3 is 9.64 Å². The van der Waals surface area contributed by atoms with Crippen LogP contribution in [0.1, 0.15) is 18.4 Å². The van der Waals surface area contributed by atoms with Crippen molar-refractivity contribution in [1.82, 2.24) is 4.98 Å². The molecule has 17 heavy (non-hydrogen) atoms. The largest absolute Gasteiger partial charge is 0.487 e. The smallest absolute Gasteiger partial charge is 0.418 e. The third-order valence-corrected chi connectivity index (χ3v) is 2.40. The van der Waals surface area contributed by atoms with E-state index in [-0.39, 0.29) is 11.9 Å². The highest BCUT2D eigenvalue weighted by Crippen LogP contribution is 2.37. The van der Waals surface area contributed by atoms with Crippen molar-refractivity contribution in [1.29, 1.82) is 0 Å². The van der Waals surface area contributed by atoms with Crippen LogP contribution < -0.4 is 9.64 Å². The molecular weight excluding hydrogens is 233 g/mol. The number of hydrogen-bond acceptors (Lipinski definition) is 3. The van der Waals surface area contributed by atoms with Gasteiger partial charge in [-0.05, 0) is 18.9 Å². The van der Waals surface area contributed by atoms with E-state index in [1.165, 1.54) is 0 Å². The van der Waals surface area contributed by atoms with Gasteiger partial charge in [0.2, 0.25) is 0 Å². The van der Waals surface area contributed by atoms with Crippen molar-refractivity contribution in [3.63, 3.8) is 0 Å². The number of halogens is 3. The lowest BCUT2D eigenvalue weighted by atomic mass is 10.2. The molecule has 2 rings (SSSR count). The second kappa shape index (κ2) is 4.09. The fourth-order valence-electron chi connectivity index (χ4n) is 1.38. The summed E-state index contributed by atoms with van der Waals surface area (Å²) in [5.41, 5.74) is -0.779. The Kier molecular flexibility index (Phi) is 2.89. The van der Waals surface area contributed by atoms with Crippen LogP contribution in [0.3, 0.4) is 0 Å². The van der Waals surface area contributed by atoms with Gasteiger partial charge in [0.1, 0.15) is 0 Å². The molecule has 0 spiro atoms. The number of ether oxygens (including phenoxy) is 1. The van der Waals surface area contributed by atoms with Gasteiger partial charge in [0.25, 0.3) is 0 Å². The van der Waals surface area contributed by atoms with Crippen molar-refractivity contribution in [2.24, 2.45) is 0 Å². The Morgan fingerprint density at radius 1 is 1.35 bits per heavy atom. The molecule has 0 radical (unpaired) electrons. The Labute approximate surface area is 97.2 Å². The van der Waals surface area contributed by atoms with Crippen molar-refractivity contribution in [2.75, 3.05) is 19.0 Å². The van der Waals surface area contributed by atoms with E-state index in [1.807, 2.05) is 0 Å². The maximum atomic E-state index is 12.5. The van der Waals surface area contributed by atoms with Crippen molar-refractivity contribution in [3.05, 3.63) is 17.8 Å². The minimum Gasteiger partial charge on any atom is -0.487 e. The zero-order valence-electron chi connectivity index (χ0n) is 9.58. The van der Waals surface area contributed by atoms with E-state index in [9.17, 15) is 13.2 Å². The van der Waals surface area contributed by atoms with E-state index in [2.05, 4.69) is 4.98 Å². The summed E-state index contributed by atoms with van der Waals surface area (Å²) in [6.45, 7) is 0. The number of anilines is 1. The zero-order valence-corrected chi connectivity index (χ0v) is 9.58. The van der Waals surface area contributed by atoms with Gasteiger partial charge in [-0.25, -0.2) is 4.98 Å². The topological polar surface area (TPSA) is 25.4 Å². The summed E-state index contributed by atoms with van der Waals surface area (Å²) in [5.74, 6) is 0.622. The van der Waals surface area contributed by atoms with Crippen LogP contribution in [0.25, 0.3) is 0 Å². The van der Waals surface area contributed by atoms with Gasteiger partial charge in [-0.1, -0.05) is 0 Å². The molecule has 94 valence electrons. The van der Waals surface area contributed by atoms with Crippen LogP contribution in [0.5, 0.6) is 5.75 Å². The molecular formula is C11H13F3N2O. The zero-order chi connectivity index (χ0) is 12.6. The van der Waals surface area contributed by atoms with Crippen LogP contribution in [0.4, 0.5) is 19.0 Å². The summed E-state index contributed by atoms with van der Waals surface area (Å²) < 4.78 is 43.1. The number of hydrogen-bond donors (Lipinski definition) is 0. The van der Waals surface area contributed by atoms with E-state index < -0.39 is 11.7 Å². The molecule has 1 aliphatic rings. The Hall–Kier alpha value is -1.46. The Morgan fingerprint density at radius 2 is 2.00 bits per heavy atom. The second-order valence-corrected chi connectivity index (χ2v) is 4.26. The number of alkyl halides is 3. The lowest BCUT2D eigenvalue weighted by Gasteiger charge is -2.18. The quantitative estimate of drug-likeness (QED) is 0.820. The SMILES string of the molecule is CN(C)c1ncc(C(F)(F)F)cc1OC1CC1.